The summed E-state index contributed by atoms with van der Waals surface area (Å²) in [6, 6.07) is 6.14. The molecule has 0 unspecified atom stereocenters. The highest BCUT2D eigenvalue weighted by molar-refractivity contribution is 5.91. The molecule has 2 fully saturated rings. The van der Waals surface area contributed by atoms with E-state index in [2.05, 4.69) is 16.9 Å². The number of hydrogen-bond donors (Lipinski definition) is 1. The molecule has 1 aliphatic heterocycles. The Labute approximate surface area is 229 Å². The Bertz CT molecular complexity index is 1220. The van der Waals surface area contributed by atoms with Crippen molar-refractivity contribution in [3.05, 3.63) is 42.6 Å². The largest absolute Gasteiger partial charge is 0.472 e. The van der Waals surface area contributed by atoms with E-state index < -0.39 is 35.9 Å². The molecule has 4 rings (SSSR count). The van der Waals surface area contributed by atoms with Crippen molar-refractivity contribution in [3.63, 3.8) is 0 Å². The first-order chi connectivity index (χ1) is 18.6. The molecule has 39 heavy (non-hydrogen) atoms. The number of fused-ring (bicyclic) bond motifs is 1. The van der Waals surface area contributed by atoms with Crippen LogP contribution in [0.1, 0.15) is 64.9 Å². The maximum absolute atomic E-state index is 14.0. The van der Waals surface area contributed by atoms with Gasteiger partial charge < -0.3 is 24.4 Å². The number of nitrogens with one attached hydrogen (secondary N) is 1. The summed E-state index contributed by atoms with van der Waals surface area (Å²) >= 11 is 0. The summed E-state index contributed by atoms with van der Waals surface area (Å²) in [4.78, 5) is 45.5. The normalized spacial score (nSPS) is 20.8. The van der Waals surface area contributed by atoms with Crippen LogP contribution in [0.25, 0.3) is 16.8 Å². The number of likely N-dealkylation sites (tertiary alicyclic amines) is 1. The fraction of sp³-hybridized carbons (Fsp3) is 0.533. The summed E-state index contributed by atoms with van der Waals surface area (Å²) in [7, 11) is 1.31. The van der Waals surface area contributed by atoms with Crippen molar-refractivity contribution in [3.8, 4) is 5.88 Å². The number of amides is 2. The monoisotopic (exact) mass is 537 g/mol. The first kappa shape index (κ1) is 28.4. The lowest BCUT2D eigenvalue weighted by Gasteiger charge is -2.34. The Hall–Kier alpha value is -3.62. The molecule has 1 aromatic carbocycles. The average molecular weight is 538 g/mol. The second-order valence-corrected chi connectivity index (χ2v) is 11.3. The Morgan fingerprint density at radius 1 is 1.15 bits per heavy atom. The highest BCUT2D eigenvalue weighted by Gasteiger charge is 2.45. The van der Waals surface area contributed by atoms with Crippen LogP contribution in [0.3, 0.4) is 0 Å². The van der Waals surface area contributed by atoms with Crippen LogP contribution in [0.15, 0.2) is 37.0 Å². The smallest absolute Gasteiger partial charge is 0.408 e. The quantitative estimate of drug-likeness (QED) is 0.502. The fourth-order valence-electron chi connectivity index (χ4n) is 5.49. The molecule has 1 aromatic heterocycles. The van der Waals surface area contributed by atoms with E-state index in [0.29, 0.717) is 5.88 Å². The van der Waals surface area contributed by atoms with Gasteiger partial charge in [-0.2, -0.15) is 0 Å². The van der Waals surface area contributed by atoms with Gasteiger partial charge in [-0.1, -0.05) is 44.1 Å². The van der Waals surface area contributed by atoms with E-state index >= 15 is 0 Å². The van der Waals surface area contributed by atoms with Gasteiger partial charge in [0.05, 0.1) is 13.7 Å². The lowest BCUT2D eigenvalue weighted by atomic mass is 9.83. The van der Waals surface area contributed by atoms with Crippen LogP contribution in [-0.2, 0) is 19.1 Å². The first-order valence-corrected chi connectivity index (χ1v) is 13.7. The molecule has 1 aliphatic carbocycles. The van der Waals surface area contributed by atoms with Crippen LogP contribution in [0, 0.1) is 5.92 Å². The molecular weight excluding hydrogens is 498 g/mol. The van der Waals surface area contributed by atoms with Crippen molar-refractivity contribution in [2.75, 3.05) is 13.7 Å². The number of carbonyl (C=O) groups is 3. The van der Waals surface area contributed by atoms with Gasteiger partial charge in [-0.3, -0.25) is 4.79 Å². The van der Waals surface area contributed by atoms with Crippen LogP contribution >= 0.6 is 0 Å². The molecule has 2 heterocycles. The summed E-state index contributed by atoms with van der Waals surface area (Å²) in [5.41, 5.74) is 0.224. The standard InChI is InChI=1S/C30H39N3O6/c1-6-19-12-13-20-14-15-31-26(23(20)16-19)38-22-17-24(28(35)37-5)33(18-22)27(34)25(21-10-8-7-9-11-21)32-29(36)39-30(2,3)4/h6,12-16,21-22,24-25H,1,7-11,17-18H2,2-5H3,(H,32,36)/t22-,24+,25+/m1/s1. The topological polar surface area (TPSA) is 107 Å². The van der Waals surface area contributed by atoms with Crippen molar-refractivity contribution in [1.29, 1.82) is 0 Å². The molecule has 210 valence electrons. The second kappa shape index (κ2) is 12.1. The zero-order valence-corrected chi connectivity index (χ0v) is 23.3. The molecule has 2 aliphatic rings. The predicted molar refractivity (Wildman–Crippen MR) is 148 cm³/mol. The van der Waals surface area contributed by atoms with Crippen molar-refractivity contribution in [1.82, 2.24) is 15.2 Å². The maximum atomic E-state index is 14.0. The second-order valence-electron chi connectivity index (χ2n) is 11.3. The third kappa shape index (κ3) is 6.88. The van der Waals surface area contributed by atoms with Crippen molar-refractivity contribution in [2.45, 2.75) is 83.1 Å². The minimum absolute atomic E-state index is 0.0471. The molecule has 9 heteroatoms. The molecule has 0 spiro atoms. The Kier molecular flexibility index (Phi) is 8.77. The van der Waals surface area contributed by atoms with Crippen LogP contribution in [0.5, 0.6) is 5.88 Å². The van der Waals surface area contributed by atoms with Gasteiger partial charge in [0.2, 0.25) is 11.8 Å². The first-order valence-electron chi connectivity index (χ1n) is 13.7. The molecule has 2 amide bonds. The van der Waals surface area contributed by atoms with E-state index in [1.807, 2.05) is 24.3 Å². The van der Waals surface area contributed by atoms with Gasteiger partial charge in [-0.05, 0) is 62.6 Å². The Balaban J connectivity index is 1.59. The number of methoxy groups -OCH3 is 1. The summed E-state index contributed by atoms with van der Waals surface area (Å²) in [6.07, 6.45) is 7.23. The molecular formula is C30H39N3O6. The number of esters is 1. The lowest BCUT2D eigenvalue weighted by Crippen LogP contribution is -2.55. The fourth-order valence-corrected chi connectivity index (χ4v) is 5.49. The molecule has 0 radical (unpaired) electrons. The van der Waals surface area contributed by atoms with Gasteiger partial charge in [0.1, 0.15) is 23.8 Å². The molecule has 9 nitrogen and oxygen atoms in total. The number of ether oxygens (including phenoxy) is 3. The van der Waals surface area contributed by atoms with Gasteiger partial charge in [0.15, 0.2) is 0 Å². The Morgan fingerprint density at radius 2 is 1.90 bits per heavy atom. The number of carbonyl (C=O) groups excluding carboxylic acids is 3. The number of hydrogen-bond acceptors (Lipinski definition) is 7. The summed E-state index contributed by atoms with van der Waals surface area (Å²) in [6.45, 7) is 9.33. The SMILES string of the molecule is C=Cc1ccc2ccnc(O[C@@H]3C[C@@H](C(=O)OC)N(C(=O)[C@@H](NC(=O)OC(C)(C)C)C4CCCCC4)C3)c2c1. The lowest BCUT2D eigenvalue weighted by molar-refractivity contribution is -0.152. The van der Waals surface area contributed by atoms with E-state index in [1.165, 1.54) is 12.0 Å². The van der Waals surface area contributed by atoms with E-state index in [1.54, 1.807) is 33.0 Å². The molecule has 0 bridgehead atoms. The molecule has 3 atom stereocenters. The number of aromatic nitrogens is 1. The van der Waals surface area contributed by atoms with Gasteiger partial charge in [0.25, 0.3) is 0 Å². The van der Waals surface area contributed by atoms with Gasteiger partial charge in [-0.15, -0.1) is 0 Å². The van der Waals surface area contributed by atoms with Gasteiger partial charge >= 0.3 is 12.1 Å². The minimum Gasteiger partial charge on any atom is -0.472 e. The third-order valence-corrected chi connectivity index (χ3v) is 7.35. The zero-order valence-electron chi connectivity index (χ0n) is 23.3. The van der Waals surface area contributed by atoms with Gasteiger partial charge in [0, 0.05) is 18.0 Å². The Morgan fingerprint density at radius 3 is 2.56 bits per heavy atom. The maximum Gasteiger partial charge on any atom is 0.408 e. The van der Waals surface area contributed by atoms with Crippen LogP contribution in [0.4, 0.5) is 4.79 Å². The van der Waals surface area contributed by atoms with Crippen LogP contribution in [-0.4, -0.2) is 65.3 Å². The number of nitrogens with zero attached hydrogens (tertiary/aromatic N) is 2. The minimum atomic E-state index is -0.835. The summed E-state index contributed by atoms with van der Waals surface area (Å²) in [5.74, 6) is -0.466. The number of benzene rings is 1. The highest BCUT2D eigenvalue weighted by atomic mass is 16.6. The van der Waals surface area contributed by atoms with Crippen LogP contribution < -0.4 is 10.1 Å². The van der Waals surface area contributed by atoms with Crippen molar-refractivity contribution < 1.29 is 28.6 Å². The third-order valence-electron chi connectivity index (χ3n) is 7.35. The summed E-state index contributed by atoms with van der Waals surface area (Å²) < 4.78 is 16.8. The van der Waals surface area contributed by atoms with E-state index in [-0.39, 0.29) is 24.8 Å². The average Bonchev–Trinajstić information content (AvgIpc) is 3.34. The van der Waals surface area contributed by atoms with Crippen LogP contribution in [0.2, 0.25) is 0 Å². The van der Waals surface area contributed by atoms with Crippen molar-refractivity contribution >= 4 is 34.8 Å². The van der Waals surface area contributed by atoms with Gasteiger partial charge in [-0.25, -0.2) is 14.6 Å². The molecule has 1 saturated heterocycles. The van der Waals surface area contributed by atoms with E-state index in [0.717, 1.165) is 48.4 Å². The van der Waals surface area contributed by atoms with E-state index in [4.69, 9.17) is 14.2 Å². The number of alkyl carbamates (subject to hydrolysis) is 1. The van der Waals surface area contributed by atoms with E-state index in [9.17, 15) is 14.4 Å². The molecule has 1 N–H and O–H groups in total. The zero-order chi connectivity index (χ0) is 28.2. The number of pyridine rings is 1. The highest BCUT2D eigenvalue weighted by Crippen LogP contribution is 2.32. The molecule has 1 saturated carbocycles. The summed E-state index contributed by atoms with van der Waals surface area (Å²) in [5, 5.41) is 4.61. The van der Waals surface area contributed by atoms with Crippen molar-refractivity contribution in [2.24, 2.45) is 5.92 Å². The predicted octanol–water partition coefficient (Wildman–Crippen LogP) is 4.87. The molecule has 2 aromatic rings. The number of rotatable bonds is 7.